The topological polar surface area (TPSA) is 105 Å². The van der Waals surface area contributed by atoms with Crippen LogP contribution in [0.25, 0.3) is 0 Å². The summed E-state index contributed by atoms with van der Waals surface area (Å²) in [6.07, 6.45) is 0.0898. The molecule has 2 aliphatic heterocycles. The van der Waals surface area contributed by atoms with Crippen molar-refractivity contribution in [1.82, 2.24) is 0 Å². The largest absolute Gasteiger partial charge is 0.455 e. The zero-order valence-corrected chi connectivity index (χ0v) is 24.9. The number of sulfone groups is 1. The number of carbonyl (C=O) groups excluding carboxylic acids is 2. The second kappa shape index (κ2) is 10.6. The maximum Gasteiger partial charge on any atom is 0.352 e. The summed E-state index contributed by atoms with van der Waals surface area (Å²) < 4.78 is 52.2. The summed E-state index contributed by atoms with van der Waals surface area (Å²) >= 11 is 0. The molecule has 0 amide bonds. The summed E-state index contributed by atoms with van der Waals surface area (Å²) in [5.74, 6) is -1.54. The van der Waals surface area contributed by atoms with Crippen LogP contribution in [-0.2, 0) is 38.1 Å². The smallest absolute Gasteiger partial charge is 0.352 e. The van der Waals surface area contributed by atoms with E-state index >= 15 is 0 Å². The Balaban J connectivity index is 1.72. The number of hydrogen-bond acceptors (Lipinski definition) is 8. The van der Waals surface area contributed by atoms with Gasteiger partial charge in [-0.1, -0.05) is 81.5 Å². The van der Waals surface area contributed by atoms with Crippen LogP contribution in [0.1, 0.15) is 39.4 Å². The van der Waals surface area contributed by atoms with Gasteiger partial charge in [0.15, 0.2) is 24.3 Å². The van der Waals surface area contributed by atoms with Gasteiger partial charge >= 0.3 is 11.9 Å². The van der Waals surface area contributed by atoms with Crippen molar-refractivity contribution in [2.45, 2.75) is 79.9 Å². The molecular weight excluding hydrogens is 536 g/mol. The fourth-order valence-electron chi connectivity index (χ4n) is 4.62. The SMILES string of the molecule is CC(=O)O[C@H](C(=O)O[C@H]1[C@@H]2C=C[C@@](CO[Si](C)(C)C(C)(C)C)(O2)[C@@H]1S(=O)(=O)c1ccccc1)c1ccccc1. The van der Waals surface area contributed by atoms with E-state index in [9.17, 15) is 18.0 Å². The highest BCUT2D eigenvalue weighted by Crippen LogP contribution is 2.48. The van der Waals surface area contributed by atoms with Gasteiger partial charge in [-0.15, -0.1) is 0 Å². The Bertz CT molecular complexity index is 1330. The third kappa shape index (κ3) is 5.74. The molecule has 39 heavy (non-hydrogen) atoms. The van der Waals surface area contributed by atoms with Gasteiger partial charge in [0, 0.05) is 12.5 Å². The van der Waals surface area contributed by atoms with Crippen molar-refractivity contribution in [2.24, 2.45) is 0 Å². The lowest BCUT2D eigenvalue weighted by Crippen LogP contribution is -2.55. The Morgan fingerprint density at radius 2 is 1.62 bits per heavy atom. The molecule has 210 valence electrons. The molecule has 0 aromatic heterocycles. The van der Waals surface area contributed by atoms with Crippen molar-refractivity contribution in [1.29, 1.82) is 0 Å². The number of esters is 2. The lowest BCUT2D eigenvalue weighted by molar-refractivity contribution is -0.172. The van der Waals surface area contributed by atoms with E-state index in [1.54, 1.807) is 60.7 Å². The van der Waals surface area contributed by atoms with Crippen molar-refractivity contribution < 1.29 is 36.6 Å². The number of fused-ring (bicyclic) bond motifs is 2. The molecule has 0 unspecified atom stereocenters. The first kappa shape index (κ1) is 29.2. The first-order valence-electron chi connectivity index (χ1n) is 12.9. The highest BCUT2D eigenvalue weighted by atomic mass is 32.2. The van der Waals surface area contributed by atoms with Crippen LogP contribution in [0.5, 0.6) is 0 Å². The van der Waals surface area contributed by atoms with E-state index in [-0.39, 0.29) is 16.5 Å². The molecule has 1 saturated heterocycles. The average molecular weight is 573 g/mol. The number of hydrogen-bond donors (Lipinski definition) is 0. The van der Waals surface area contributed by atoms with Gasteiger partial charge in [0.1, 0.15) is 17.0 Å². The number of carbonyl (C=O) groups is 2. The summed E-state index contributed by atoms with van der Waals surface area (Å²) in [6.45, 7) is 11.6. The second-order valence-electron chi connectivity index (χ2n) is 11.5. The number of rotatable bonds is 9. The van der Waals surface area contributed by atoms with Crippen molar-refractivity contribution in [2.75, 3.05) is 6.61 Å². The van der Waals surface area contributed by atoms with Crippen molar-refractivity contribution >= 4 is 30.1 Å². The molecular formula is C29H36O8SSi. The summed E-state index contributed by atoms with van der Waals surface area (Å²) in [5, 5.41) is -1.39. The Hall–Kier alpha value is -2.79. The second-order valence-corrected chi connectivity index (χ2v) is 18.4. The predicted molar refractivity (Wildman–Crippen MR) is 148 cm³/mol. The van der Waals surface area contributed by atoms with E-state index in [4.69, 9.17) is 18.6 Å². The van der Waals surface area contributed by atoms with E-state index < -0.39 is 59.3 Å². The molecule has 2 aromatic carbocycles. The van der Waals surface area contributed by atoms with Crippen LogP contribution in [-0.4, -0.2) is 58.3 Å². The standard InChI is InChI=1S/C29H36O8SSi/c1-20(30)35-24(21-13-9-7-10-14-21)27(31)36-25-23-17-18-29(37-23,19-34-39(5,6)28(2,3)4)26(25)38(32,33)22-15-11-8-12-16-22/h7-18,23-26H,19H2,1-6H3/t23-,24-,25-,26+,29-/m0/s1. The van der Waals surface area contributed by atoms with Crippen molar-refractivity contribution in [3.05, 3.63) is 78.4 Å². The van der Waals surface area contributed by atoms with Crippen molar-refractivity contribution in [3.63, 3.8) is 0 Å². The third-order valence-corrected chi connectivity index (χ3v) is 14.5. The quantitative estimate of drug-likeness (QED) is 0.240. The van der Waals surface area contributed by atoms with E-state index in [0.717, 1.165) is 0 Å². The Kier molecular flexibility index (Phi) is 7.97. The van der Waals surface area contributed by atoms with Gasteiger partial charge in [0.25, 0.3) is 0 Å². The molecule has 2 aliphatic rings. The summed E-state index contributed by atoms with van der Waals surface area (Å²) in [4.78, 5) is 25.4. The van der Waals surface area contributed by atoms with E-state index in [2.05, 4.69) is 33.9 Å². The maximum absolute atomic E-state index is 14.1. The van der Waals surface area contributed by atoms with Gasteiger partial charge in [-0.3, -0.25) is 4.79 Å². The van der Waals surface area contributed by atoms with Crippen LogP contribution < -0.4 is 0 Å². The molecule has 2 aromatic rings. The van der Waals surface area contributed by atoms with Gasteiger partial charge in [-0.05, 0) is 30.3 Å². The minimum atomic E-state index is -4.07. The van der Waals surface area contributed by atoms with Crippen LogP contribution in [0.15, 0.2) is 77.7 Å². The average Bonchev–Trinajstić information content (AvgIpc) is 3.44. The molecule has 5 atom stereocenters. The monoisotopic (exact) mass is 572 g/mol. The van der Waals surface area contributed by atoms with Gasteiger partial charge in [0.2, 0.25) is 6.10 Å². The molecule has 10 heteroatoms. The number of ether oxygens (including phenoxy) is 3. The van der Waals surface area contributed by atoms with E-state index in [1.165, 1.54) is 19.1 Å². The normalized spacial score (nSPS) is 25.3. The summed E-state index contributed by atoms with van der Waals surface area (Å²) in [7, 11) is -6.36. The fraction of sp³-hybridized carbons (Fsp3) is 0.448. The molecule has 8 nitrogen and oxygen atoms in total. The molecule has 0 spiro atoms. The molecule has 2 heterocycles. The predicted octanol–water partition coefficient (Wildman–Crippen LogP) is 4.77. The molecule has 1 fully saturated rings. The Labute approximate surface area is 231 Å². The van der Waals surface area contributed by atoms with Crippen LogP contribution in [0.4, 0.5) is 0 Å². The highest BCUT2D eigenvalue weighted by Gasteiger charge is 2.64. The highest BCUT2D eigenvalue weighted by molar-refractivity contribution is 7.92. The van der Waals surface area contributed by atoms with Gasteiger partial charge in [0.05, 0.1) is 11.5 Å². The van der Waals surface area contributed by atoms with Crippen LogP contribution in [0.2, 0.25) is 18.1 Å². The first-order valence-corrected chi connectivity index (χ1v) is 17.4. The molecule has 4 rings (SSSR count). The molecule has 0 radical (unpaired) electrons. The molecule has 0 aliphatic carbocycles. The van der Waals surface area contributed by atoms with Gasteiger partial charge in [-0.2, -0.15) is 0 Å². The van der Waals surface area contributed by atoms with E-state index in [1.807, 2.05) is 0 Å². The summed E-state index contributed by atoms with van der Waals surface area (Å²) in [6, 6.07) is 16.5. The zero-order valence-electron chi connectivity index (χ0n) is 23.1. The summed E-state index contributed by atoms with van der Waals surface area (Å²) in [5.41, 5.74) is -0.945. The lowest BCUT2D eigenvalue weighted by Gasteiger charge is -2.40. The van der Waals surface area contributed by atoms with Crippen LogP contribution in [0, 0.1) is 0 Å². The van der Waals surface area contributed by atoms with Crippen LogP contribution in [0.3, 0.4) is 0 Å². The molecule has 0 saturated carbocycles. The lowest BCUT2D eigenvalue weighted by atomic mass is 9.92. The van der Waals surface area contributed by atoms with Gasteiger partial charge in [-0.25, -0.2) is 13.2 Å². The molecule has 0 N–H and O–H groups in total. The fourth-order valence-corrected chi connectivity index (χ4v) is 7.76. The van der Waals surface area contributed by atoms with Crippen molar-refractivity contribution in [3.8, 4) is 0 Å². The molecule has 2 bridgehead atoms. The van der Waals surface area contributed by atoms with E-state index in [0.29, 0.717) is 5.56 Å². The van der Waals surface area contributed by atoms with Crippen LogP contribution >= 0.6 is 0 Å². The first-order chi connectivity index (χ1) is 18.2. The third-order valence-electron chi connectivity index (χ3n) is 7.75. The maximum atomic E-state index is 14.1. The minimum absolute atomic E-state index is 0.00661. The zero-order chi connectivity index (χ0) is 28.6. The minimum Gasteiger partial charge on any atom is -0.455 e. The van der Waals surface area contributed by atoms with Gasteiger partial charge < -0.3 is 18.6 Å². The Morgan fingerprint density at radius 1 is 1.03 bits per heavy atom. The number of benzene rings is 2. The Morgan fingerprint density at radius 3 is 2.18 bits per heavy atom.